The molecule has 0 aromatic rings. The van der Waals surface area contributed by atoms with E-state index < -0.39 is 58.6 Å². The van der Waals surface area contributed by atoms with Crippen molar-refractivity contribution >= 4 is 23.5 Å². The molecule has 4 aliphatic rings. The minimum absolute atomic E-state index is 0.0232. The molecule has 0 aromatic carbocycles. The third-order valence-electron chi connectivity index (χ3n) is 8.92. The summed E-state index contributed by atoms with van der Waals surface area (Å²) >= 11 is 0. The lowest BCUT2D eigenvalue weighted by Crippen LogP contribution is -2.63. The van der Waals surface area contributed by atoms with Crippen LogP contribution in [0.15, 0.2) is 48.2 Å². The van der Waals surface area contributed by atoms with Gasteiger partial charge in [0.1, 0.15) is 12.2 Å². The number of Topliss-reactive ketones (excluding diaryl/α,β-unsaturated/α-hetero) is 2. The molecule has 38 heavy (non-hydrogen) atoms. The molecule has 1 saturated heterocycles. The Morgan fingerprint density at radius 2 is 1.84 bits per heavy atom. The molecule has 206 valence electrons. The van der Waals surface area contributed by atoms with Crippen LogP contribution in [0.5, 0.6) is 0 Å². The molecule has 2 unspecified atom stereocenters. The van der Waals surface area contributed by atoms with E-state index in [4.69, 9.17) is 14.2 Å². The zero-order chi connectivity index (χ0) is 28.0. The largest absolute Gasteiger partial charge is 0.458 e. The highest BCUT2D eigenvalue weighted by Crippen LogP contribution is 2.63. The number of hydrogen-bond acceptors (Lipinski definition) is 9. The van der Waals surface area contributed by atoms with E-state index >= 15 is 0 Å². The molecular weight excluding hydrogens is 490 g/mol. The van der Waals surface area contributed by atoms with Crippen molar-refractivity contribution in [3.63, 3.8) is 0 Å². The van der Waals surface area contributed by atoms with E-state index in [2.05, 4.69) is 13.2 Å². The second-order valence-electron chi connectivity index (χ2n) is 11.2. The molecule has 1 N–H and O–H groups in total. The maximum atomic E-state index is 14.0. The maximum Gasteiger partial charge on any atom is 0.336 e. The Labute approximate surface area is 223 Å². The van der Waals surface area contributed by atoms with Gasteiger partial charge in [-0.05, 0) is 30.8 Å². The molecule has 3 aliphatic carbocycles. The summed E-state index contributed by atoms with van der Waals surface area (Å²) in [6.45, 7) is 13.2. The van der Waals surface area contributed by atoms with Crippen molar-refractivity contribution < 1.29 is 38.5 Å². The number of nitrogens with zero attached hydrogens (tertiary/aromatic N) is 1. The lowest BCUT2D eigenvalue weighted by molar-refractivity contribution is -0.175. The molecule has 4 rings (SSSR count). The number of aliphatic hydroxyl groups is 1. The van der Waals surface area contributed by atoms with Crippen LogP contribution in [-0.4, -0.2) is 78.6 Å². The molecule has 1 saturated carbocycles. The normalized spacial score (nSPS) is 37.2. The number of carbonyl (C=O) groups excluding carboxylic acids is 4. The average Bonchev–Trinajstić information content (AvgIpc) is 3.13. The summed E-state index contributed by atoms with van der Waals surface area (Å²) in [5.41, 5.74) is -1.13. The highest BCUT2D eigenvalue weighted by atomic mass is 16.6. The van der Waals surface area contributed by atoms with Crippen LogP contribution >= 0.6 is 0 Å². The van der Waals surface area contributed by atoms with Gasteiger partial charge in [0.15, 0.2) is 0 Å². The number of ketones is 2. The Hall–Kier alpha value is -3.04. The molecule has 0 radical (unpaired) electrons. The number of hydrogen-bond donors (Lipinski definition) is 1. The number of esters is 2. The van der Waals surface area contributed by atoms with Gasteiger partial charge in [-0.1, -0.05) is 26.0 Å². The number of ether oxygens (including phenoxy) is 3. The predicted octanol–water partition coefficient (Wildman–Crippen LogP) is 2.30. The Morgan fingerprint density at radius 1 is 1.18 bits per heavy atom. The Balaban J connectivity index is 2.00. The van der Waals surface area contributed by atoms with Crippen LogP contribution in [0.4, 0.5) is 0 Å². The fourth-order valence-corrected chi connectivity index (χ4v) is 7.20. The van der Waals surface area contributed by atoms with Gasteiger partial charge in [0.05, 0.1) is 24.2 Å². The molecule has 0 spiro atoms. The number of cyclic esters (lactones) is 1. The first-order valence-electron chi connectivity index (χ1n) is 13.0. The number of carbonyl (C=O) groups is 4. The lowest BCUT2D eigenvalue weighted by atomic mass is 9.50. The monoisotopic (exact) mass is 527 g/mol. The summed E-state index contributed by atoms with van der Waals surface area (Å²) in [5.74, 6) is -4.21. The minimum Gasteiger partial charge on any atom is -0.458 e. The van der Waals surface area contributed by atoms with E-state index in [9.17, 15) is 24.3 Å². The summed E-state index contributed by atoms with van der Waals surface area (Å²) in [4.78, 5) is 55.4. The van der Waals surface area contributed by atoms with Crippen molar-refractivity contribution in [2.75, 3.05) is 26.8 Å². The molecule has 0 bridgehead atoms. The molecule has 0 aromatic heterocycles. The molecular formula is C29H37NO8. The zero-order valence-corrected chi connectivity index (χ0v) is 22.5. The summed E-state index contributed by atoms with van der Waals surface area (Å²) in [6, 6.07) is 0. The van der Waals surface area contributed by atoms with Crippen LogP contribution in [0.3, 0.4) is 0 Å². The summed E-state index contributed by atoms with van der Waals surface area (Å²) < 4.78 is 17.2. The van der Waals surface area contributed by atoms with Gasteiger partial charge in [-0.3, -0.25) is 14.4 Å². The van der Waals surface area contributed by atoms with Crippen LogP contribution in [0.1, 0.15) is 40.0 Å². The Kier molecular flexibility index (Phi) is 7.56. The molecule has 1 aliphatic heterocycles. The van der Waals surface area contributed by atoms with Crippen molar-refractivity contribution in [3.05, 3.63) is 48.2 Å². The highest BCUT2D eigenvalue weighted by molar-refractivity contribution is 6.47. The fraction of sp³-hybridized carbons (Fsp3) is 0.586. The molecule has 7 atom stereocenters. The Morgan fingerprint density at radius 3 is 2.42 bits per heavy atom. The number of allylic oxidation sites excluding steroid dienone is 1. The topological polar surface area (TPSA) is 119 Å². The first kappa shape index (κ1) is 28.0. The van der Waals surface area contributed by atoms with Gasteiger partial charge in [0.25, 0.3) is 0 Å². The van der Waals surface area contributed by atoms with Crippen molar-refractivity contribution in [1.82, 2.24) is 4.90 Å². The van der Waals surface area contributed by atoms with E-state index in [1.807, 2.05) is 6.92 Å². The predicted molar refractivity (Wildman–Crippen MR) is 137 cm³/mol. The van der Waals surface area contributed by atoms with Gasteiger partial charge in [-0.25, -0.2) is 4.79 Å². The van der Waals surface area contributed by atoms with Gasteiger partial charge in [0, 0.05) is 49.7 Å². The first-order valence-corrected chi connectivity index (χ1v) is 13.0. The first-order chi connectivity index (χ1) is 17.9. The standard InChI is InChI=1S/C29H37NO8/c1-7-11-30(12-8-2)14-17-23-26(34)25(33)22-18-9-10-20(32)28(18,4)13-19(37-16(3)31)24(22)29(23,5)21(15-36-6)38-27(17)35/h7-8,14,18-21,23,32H,1-2,9-13,15H2,3-6H3/b17-14-/t18-,19+,20?,21+,23?,28-,29-/m0/s1. The van der Waals surface area contributed by atoms with Crippen LogP contribution in [0.2, 0.25) is 0 Å². The van der Waals surface area contributed by atoms with E-state index in [1.54, 1.807) is 30.2 Å². The third kappa shape index (κ3) is 4.16. The number of methoxy groups -OCH3 is 1. The second kappa shape index (κ2) is 10.3. The second-order valence-corrected chi connectivity index (χ2v) is 11.2. The zero-order valence-electron chi connectivity index (χ0n) is 22.5. The molecule has 0 amide bonds. The number of aliphatic hydroxyl groups excluding tert-OH is 1. The quantitative estimate of drug-likeness (QED) is 0.219. The fourth-order valence-electron chi connectivity index (χ4n) is 7.20. The summed E-state index contributed by atoms with van der Waals surface area (Å²) in [6.07, 6.45) is 3.61. The van der Waals surface area contributed by atoms with Crippen molar-refractivity contribution in [2.24, 2.45) is 22.7 Å². The van der Waals surface area contributed by atoms with Crippen LogP contribution < -0.4 is 0 Å². The van der Waals surface area contributed by atoms with Crippen molar-refractivity contribution in [3.8, 4) is 0 Å². The van der Waals surface area contributed by atoms with Crippen molar-refractivity contribution in [1.29, 1.82) is 0 Å². The lowest BCUT2D eigenvalue weighted by Gasteiger charge is -2.56. The smallest absolute Gasteiger partial charge is 0.336 e. The number of fused-ring (bicyclic) bond motifs is 4. The summed E-state index contributed by atoms with van der Waals surface area (Å²) in [7, 11) is 1.47. The molecule has 1 heterocycles. The van der Waals surface area contributed by atoms with Gasteiger partial charge in [0.2, 0.25) is 11.6 Å². The van der Waals surface area contributed by atoms with Gasteiger partial charge >= 0.3 is 11.9 Å². The minimum atomic E-state index is -1.22. The highest BCUT2D eigenvalue weighted by Gasteiger charge is 2.67. The Bertz CT molecular complexity index is 1130. The van der Waals surface area contributed by atoms with Gasteiger partial charge in [-0.2, -0.15) is 0 Å². The van der Waals surface area contributed by atoms with E-state index in [1.165, 1.54) is 14.0 Å². The molecule has 9 nitrogen and oxygen atoms in total. The van der Waals surface area contributed by atoms with Gasteiger partial charge < -0.3 is 24.2 Å². The van der Waals surface area contributed by atoms with Gasteiger partial charge in [-0.15, -0.1) is 13.2 Å². The third-order valence-corrected chi connectivity index (χ3v) is 8.92. The SMILES string of the molecule is C=CCN(/C=C1\C(=O)O[C@H](COC)[C@]2(C)C3=C(C(=O)C(=O)C12)[C@@H]1CCC(O)[C@@]1(C)C[C@H]3OC(C)=O)CC=C. The molecule has 9 heteroatoms. The maximum absolute atomic E-state index is 14.0. The van der Waals surface area contributed by atoms with Crippen LogP contribution in [-0.2, 0) is 33.4 Å². The van der Waals surface area contributed by atoms with E-state index in [-0.39, 0.29) is 30.1 Å². The van der Waals surface area contributed by atoms with E-state index in [0.29, 0.717) is 31.5 Å². The van der Waals surface area contributed by atoms with E-state index in [0.717, 1.165) is 0 Å². The summed E-state index contributed by atoms with van der Waals surface area (Å²) in [5, 5.41) is 10.9. The number of rotatable bonds is 8. The molecule has 2 fully saturated rings. The average molecular weight is 528 g/mol. The van der Waals surface area contributed by atoms with Crippen LogP contribution in [0, 0.1) is 22.7 Å². The van der Waals surface area contributed by atoms with Crippen LogP contribution in [0.25, 0.3) is 0 Å². The van der Waals surface area contributed by atoms with Crippen molar-refractivity contribution in [2.45, 2.75) is 58.3 Å².